The zero-order chi connectivity index (χ0) is 24.5. The number of nitrogens with zero attached hydrogens (tertiary/aromatic N) is 2. The monoisotopic (exact) mass is 507 g/mol. The number of hydrogen-bond acceptors (Lipinski definition) is 5. The van der Waals surface area contributed by atoms with Crippen LogP contribution in [0.15, 0.2) is 12.3 Å². The Hall–Kier alpha value is -2.06. The van der Waals surface area contributed by atoms with E-state index >= 15 is 0 Å². The molecule has 4 aliphatic carbocycles. The van der Waals surface area contributed by atoms with Crippen molar-refractivity contribution in [3.8, 4) is 5.88 Å². The highest BCUT2D eigenvalue weighted by atomic mass is 35.5. The van der Waals surface area contributed by atoms with E-state index < -0.39 is 5.41 Å². The lowest BCUT2D eigenvalue weighted by atomic mass is 9.54. The molecule has 1 aromatic heterocycles. The smallest absolute Gasteiger partial charge is 0.258 e. The SMILES string of the molecule is CNCCNC(=O)C(C)(C)/C=C/n1ncc(C(=O)NC2C3CC4CC(C3)CC2C4)c1OC(C)C.Cl. The van der Waals surface area contributed by atoms with Crippen LogP contribution in [-0.2, 0) is 4.79 Å². The van der Waals surface area contributed by atoms with E-state index in [-0.39, 0.29) is 36.4 Å². The molecule has 0 saturated heterocycles. The lowest BCUT2D eigenvalue weighted by Crippen LogP contribution is -2.55. The zero-order valence-corrected chi connectivity index (χ0v) is 22.5. The van der Waals surface area contributed by atoms with Crippen LogP contribution in [0.5, 0.6) is 5.88 Å². The highest BCUT2D eigenvalue weighted by molar-refractivity contribution is 5.96. The maximum Gasteiger partial charge on any atom is 0.258 e. The van der Waals surface area contributed by atoms with Crippen LogP contribution in [0.2, 0.25) is 0 Å². The van der Waals surface area contributed by atoms with Crippen molar-refractivity contribution in [2.24, 2.45) is 29.1 Å². The first-order valence-corrected chi connectivity index (χ1v) is 12.8. The average molecular weight is 508 g/mol. The van der Waals surface area contributed by atoms with Crippen molar-refractivity contribution in [3.63, 3.8) is 0 Å². The van der Waals surface area contributed by atoms with E-state index in [4.69, 9.17) is 4.74 Å². The van der Waals surface area contributed by atoms with Gasteiger partial charge >= 0.3 is 0 Å². The summed E-state index contributed by atoms with van der Waals surface area (Å²) < 4.78 is 7.59. The van der Waals surface area contributed by atoms with Crippen molar-refractivity contribution in [1.82, 2.24) is 25.7 Å². The third-order valence-electron chi connectivity index (χ3n) is 7.74. The number of carbonyl (C=O) groups is 2. The van der Waals surface area contributed by atoms with Crippen molar-refractivity contribution >= 4 is 30.4 Å². The molecule has 1 heterocycles. The summed E-state index contributed by atoms with van der Waals surface area (Å²) in [5.74, 6) is 3.16. The Morgan fingerprint density at radius 2 is 1.77 bits per heavy atom. The summed E-state index contributed by atoms with van der Waals surface area (Å²) in [6.07, 6.45) is 11.4. The number of carbonyl (C=O) groups excluding carboxylic acids is 2. The van der Waals surface area contributed by atoms with Crippen molar-refractivity contribution in [1.29, 1.82) is 0 Å². The highest BCUT2D eigenvalue weighted by Crippen LogP contribution is 2.53. The lowest BCUT2D eigenvalue weighted by molar-refractivity contribution is -0.127. The number of ether oxygens (including phenoxy) is 1. The topological polar surface area (TPSA) is 97.3 Å². The van der Waals surface area contributed by atoms with Crippen molar-refractivity contribution < 1.29 is 14.3 Å². The summed E-state index contributed by atoms with van der Waals surface area (Å²) in [5, 5.41) is 13.7. The maximum atomic E-state index is 13.4. The summed E-state index contributed by atoms with van der Waals surface area (Å²) in [6, 6.07) is 0.256. The van der Waals surface area contributed by atoms with Gasteiger partial charge in [0.25, 0.3) is 5.91 Å². The number of hydrogen-bond donors (Lipinski definition) is 3. The first-order chi connectivity index (χ1) is 16.2. The number of nitrogens with one attached hydrogen (secondary N) is 3. The van der Waals surface area contributed by atoms with Gasteiger partial charge in [0.05, 0.1) is 17.7 Å². The van der Waals surface area contributed by atoms with Gasteiger partial charge in [-0.05, 0) is 90.5 Å². The van der Waals surface area contributed by atoms with Crippen LogP contribution in [0.3, 0.4) is 0 Å². The van der Waals surface area contributed by atoms with E-state index in [2.05, 4.69) is 21.0 Å². The molecule has 2 amide bonds. The molecule has 35 heavy (non-hydrogen) atoms. The second kappa shape index (κ2) is 11.3. The second-order valence-electron chi connectivity index (χ2n) is 11.3. The van der Waals surface area contributed by atoms with Crippen LogP contribution in [0.4, 0.5) is 0 Å². The minimum Gasteiger partial charge on any atom is -0.474 e. The van der Waals surface area contributed by atoms with E-state index in [9.17, 15) is 9.59 Å². The van der Waals surface area contributed by atoms with Crippen LogP contribution in [0.1, 0.15) is 70.2 Å². The first-order valence-electron chi connectivity index (χ1n) is 12.8. The Morgan fingerprint density at radius 1 is 1.14 bits per heavy atom. The predicted octanol–water partition coefficient (Wildman–Crippen LogP) is 3.48. The van der Waals surface area contributed by atoms with Gasteiger partial charge in [-0.3, -0.25) is 9.59 Å². The second-order valence-corrected chi connectivity index (χ2v) is 11.3. The molecule has 196 valence electrons. The predicted molar refractivity (Wildman–Crippen MR) is 140 cm³/mol. The fourth-order valence-electron chi connectivity index (χ4n) is 6.21. The summed E-state index contributed by atoms with van der Waals surface area (Å²) >= 11 is 0. The summed E-state index contributed by atoms with van der Waals surface area (Å²) in [7, 11) is 1.85. The Labute approximate surface area is 215 Å². The molecule has 8 nitrogen and oxygen atoms in total. The molecular weight excluding hydrogens is 466 g/mol. The highest BCUT2D eigenvalue weighted by Gasteiger charge is 2.48. The van der Waals surface area contributed by atoms with Gasteiger partial charge in [-0.1, -0.05) is 6.08 Å². The van der Waals surface area contributed by atoms with E-state index in [1.807, 2.05) is 34.7 Å². The molecule has 9 heteroatoms. The van der Waals surface area contributed by atoms with Gasteiger partial charge in [-0.15, -0.1) is 12.4 Å². The van der Waals surface area contributed by atoms with Gasteiger partial charge in [0.1, 0.15) is 5.56 Å². The van der Waals surface area contributed by atoms with E-state index in [0.29, 0.717) is 36.4 Å². The summed E-state index contributed by atoms with van der Waals surface area (Å²) in [6.45, 7) is 8.83. The van der Waals surface area contributed by atoms with E-state index in [1.54, 1.807) is 23.2 Å². The van der Waals surface area contributed by atoms with Gasteiger partial charge < -0.3 is 20.7 Å². The molecular formula is C26H42ClN5O3. The number of amides is 2. The number of aromatic nitrogens is 2. The fraction of sp³-hybridized carbons (Fsp3) is 0.731. The van der Waals surface area contributed by atoms with Crippen molar-refractivity contribution in [2.45, 2.75) is 71.9 Å². The van der Waals surface area contributed by atoms with Gasteiger partial charge in [0.2, 0.25) is 11.8 Å². The average Bonchev–Trinajstić information content (AvgIpc) is 3.16. The zero-order valence-electron chi connectivity index (χ0n) is 21.7. The van der Waals surface area contributed by atoms with Gasteiger partial charge in [0.15, 0.2) is 0 Å². The Morgan fingerprint density at radius 3 is 2.34 bits per heavy atom. The number of likely N-dealkylation sites (N-methyl/N-ethyl adjacent to an activating group) is 1. The Kier molecular flexibility index (Phi) is 8.91. The number of halogens is 1. The van der Waals surface area contributed by atoms with E-state index in [0.717, 1.165) is 11.8 Å². The van der Waals surface area contributed by atoms with Crippen molar-refractivity contribution in [3.05, 3.63) is 17.8 Å². The molecule has 4 saturated carbocycles. The number of rotatable bonds is 10. The summed E-state index contributed by atoms with van der Waals surface area (Å²) in [5.41, 5.74) is -0.291. The molecule has 0 radical (unpaired) electrons. The molecule has 4 bridgehead atoms. The summed E-state index contributed by atoms with van der Waals surface area (Å²) in [4.78, 5) is 25.9. The Balaban J connectivity index is 0.00000342. The van der Waals surface area contributed by atoms with Gasteiger partial charge in [0, 0.05) is 25.3 Å². The third kappa shape index (κ3) is 6.20. The minimum absolute atomic E-state index is 0. The molecule has 3 N–H and O–H groups in total. The molecule has 0 aliphatic heterocycles. The minimum atomic E-state index is -0.738. The van der Waals surface area contributed by atoms with Crippen molar-refractivity contribution in [2.75, 3.05) is 20.1 Å². The first kappa shape index (κ1) is 27.5. The van der Waals surface area contributed by atoms with Crippen LogP contribution < -0.4 is 20.7 Å². The molecule has 0 spiro atoms. The molecule has 4 fully saturated rings. The van der Waals surface area contributed by atoms with E-state index in [1.165, 1.54) is 32.1 Å². The molecule has 0 aromatic carbocycles. The molecule has 1 aromatic rings. The van der Waals surface area contributed by atoms with Crippen LogP contribution in [-0.4, -0.2) is 53.9 Å². The maximum absolute atomic E-state index is 13.4. The Bertz CT molecular complexity index is 898. The molecule has 0 atom stereocenters. The van der Waals surface area contributed by atoms with Gasteiger partial charge in [-0.2, -0.15) is 5.10 Å². The standard InChI is InChI=1S/C26H41N5O3.ClH/c1-16(2)34-24-21(15-29-31(24)9-6-26(3,4)25(33)28-8-7-27-5)23(32)30-22-19-11-17-10-18(13-19)14-20(22)12-17;/h6,9,15-20,22,27H,7-8,10-14H2,1-5H3,(H,28,33)(H,30,32);1H/b9-6+;. The van der Waals surface area contributed by atoms with Gasteiger partial charge in [-0.25, -0.2) is 4.68 Å². The fourth-order valence-corrected chi connectivity index (χ4v) is 6.21. The van der Waals surface area contributed by atoms with Crippen LogP contribution in [0.25, 0.3) is 6.20 Å². The molecule has 0 unspecified atom stereocenters. The quantitative estimate of drug-likeness (QED) is 0.421. The van der Waals surface area contributed by atoms with Crippen LogP contribution >= 0.6 is 12.4 Å². The molecule has 4 aliphatic rings. The molecule has 5 rings (SSSR count). The lowest BCUT2D eigenvalue weighted by Gasteiger charge is -2.54. The normalized spacial score (nSPS) is 27.2. The third-order valence-corrected chi connectivity index (χ3v) is 7.74. The van der Waals surface area contributed by atoms with Crippen LogP contribution in [0, 0.1) is 29.1 Å². The largest absolute Gasteiger partial charge is 0.474 e.